The van der Waals surface area contributed by atoms with Crippen LogP contribution in [0.25, 0.3) is 0 Å². The average Bonchev–Trinajstić information content (AvgIpc) is 2.36. The van der Waals surface area contributed by atoms with Crippen LogP contribution in [0.5, 0.6) is 0 Å². The molecule has 1 unspecified atom stereocenters. The van der Waals surface area contributed by atoms with Crippen LogP contribution in [0.15, 0.2) is 4.99 Å². The Bertz CT molecular complexity index is 251. The van der Waals surface area contributed by atoms with E-state index in [1.165, 1.54) is 26.2 Å². The standard InChI is InChI=1S/C13H29N5.HI/c1-4-5-15-13(14)16-10-12(2)11-18-8-6-17(3)7-9-18;/h12H,4-11H2,1-3H3,(H3,14,15,16);1H. The molecule has 1 atom stereocenters. The molecule has 1 aliphatic heterocycles. The maximum absolute atomic E-state index is 5.78. The monoisotopic (exact) mass is 383 g/mol. The number of aliphatic imine (C=N–C) groups is 1. The van der Waals surface area contributed by atoms with Crippen molar-refractivity contribution in [3.05, 3.63) is 0 Å². The fourth-order valence-corrected chi connectivity index (χ4v) is 2.09. The first-order valence-electron chi connectivity index (χ1n) is 7.06. The van der Waals surface area contributed by atoms with E-state index in [9.17, 15) is 0 Å². The third-order valence-electron chi connectivity index (χ3n) is 3.30. The van der Waals surface area contributed by atoms with E-state index in [2.05, 4.69) is 41.0 Å². The van der Waals surface area contributed by atoms with Crippen molar-refractivity contribution in [2.45, 2.75) is 20.3 Å². The summed E-state index contributed by atoms with van der Waals surface area (Å²) in [5.41, 5.74) is 5.78. The number of nitrogens with one attached hydrogen (secondary N) is 1. The van der Waals surface area contributed by atoms with Crippen molar-refractivity contribution in [3.8, 4) is 0 Å². The van der Waals surface area contributed by atoms with Gasteiger partial charge in [-0.2, -0.15) is 0 Å². The minimum atomic E-state index is 0. The lowest BCUT2D eigenvalue weighted by molar-refractivity contribution is 0.140. The highest BCUT2D eigenvalue weighted by Gasteiger charge is 2.15. The molecule has 0 aromatic carbocycles. The fourth-order valence-electron chi connectivity index (χ4n) is 2.09. The van der Waals surface area contributed by atoms with Gasteiger partial charge in [0.2, 0.25) is 0 Å². The third-order valence-corrected chi connectivity index (χ3v) is 3.30. The van der Waals surface area contributed by atoms with Crippen molar-refractivity contribution in [1.29, 1.82) is 0 Å². The Balaban J connectivity index is 0.00000324. The van der Waals surface area contributed by atoms with Crippen molar-refractivity contribution in [2.75, 3.05) is 52.9 Å². The lowest BCUT2D eigenvalue weighted by atomic mass is 10.1. The molecule has 19 heavy (non-hydrogen) atoms. The van der Waals surface area contributed by atoms with Crippen LogP contribution in [-0.2, 0) is 0 Å². The van der Waals surface area contributed by atoms with Crippen molar-refractivity contribution in [1.82, 2.24) is 15.1 Å². The molecule has 0 radical (unpaired) electrons. The van der Waals surface area contributed by atoms with Crippen LogP contribution in [0, 0.1) is 5.92 Å². The SMILES string of the molecule is CCCNC(N)=NCC(C)CN1CCN(C)CC1.I. The number of halogens is 1. The number of hydrogen-bond donors (Lipinski definition) is 2. The Kier molecular flexibility index (Phi) is 10.6. The molecule has 1 rings (SSSR count). The molecular weight excluding hydrogens is 353 g/mol. The van der Waals surface area contributed by atoms with Crippen molar-refractivity contribution in [3.63, 3.8) is 0 Å². The predicted molar refractivity (Wildman–Crippen MR) is 93.3 cm³/mol. The van der Waals surface area contributed by atoms with E-state index < -0.39 is 0 Å². The van der Waals surface area contributed by atoms with Gasteiger partial charge in [-0.3, -0.25) is 4.99 Å². The molecule has 0 bridgehead atoms. The largest absolute Gasteiger partial charge is 0.370 e. The minimum Gasteiger partial charge on any atom is -0.370 e. The Morgan fingerprint density at radius 2 is 1.95 bits per heavy atom. The predicted octanol–water partition coefficient (Wildman–Crippen LogP) is 0.802. The molecule has 3 N–H and O–H groups in total. The van der Waals surface area contributed by atoms with Gasteiger partial charge >= 0.3 is 0 Å². The zero-order valence-corrected chi connectivity index (χ0v) is 14.9. The number of guanidine groups is 1. The summed E-state index contributed by atoms with van der Waals surface area (Å²) in [6.45, 7) is 11.9. The molecule has 0 spiro atoms. The molecule has 114 valence electrons. The van der Waals surface area contributed by atoms with Crippen LogP contribution in [-0.4, -0.2) is 68.6 Å². The van der Waals surface area contributed by atoms with Gasteiger partial charge in [0.15, 0.2) is 5.96 Å². The number of rotatable bonds is 6. The molecule has 0 amide bonds. The van der Waals surface area contributed by atoms with Crippen LogP contribution >= 0.6 is 24.0 Å². The summed E-state index contributed by atoms with van der Waals surface area (Å²) >= 11 is 0. The maximum atomic E-state index is 5.78. The molecule has 5 nitrogen and oxygen atoms in total. The first kappa shape index (κ1) is 18.9. The van der Waals surface area contributed by atoms with Crippen LogP contribution in [0.2, 0.25) is 0 Å². The van der Waals surface area contributed by atoms with Crippen LogP contribution in [0.1, 0.15) is 20.3 Å². The summed E-state index contributed by atoms with van der Waals surface area (Å²) in [6, 6.07) is 0. The molecule has 0 aromatic heterocycles. The number of likely N-dealkylation sites (N-methyl/N-ethyl adjacent to an activating group) is 1. The Morgan fingerprint density at radius 3 is 2.53 bits per heavy atom. The first-order chi connectivity index (χ1) is 8.61. The highest BCUT2D eigenvalue weighted by atomic mass is 127. The quantitative estimate of drug-likeness (QED) is 0.405. The normalized spacial score (nSPS) is 19.8. The molecule has 1 fully saturated rings. The molecule has 1 heterocycles. The molecule has 1 saturated heterocycles. The molecule has 1 aliphatic rings. The molecule has 6 heteroatoms. The number of hydrogen-bond acceptors (Lipinski definition) is 3. The zero-order valence-electron chi connectivity index (χ0n) is 12.6. The maximum Gasteiger partial charge on any atom is 0.188 e. The summed E-state index contributed by atoms with van der Waals surface area (Å²) < 4.78 is 0. The van der Waals surface area contributed by atoms with Crippen LogP contribution in [0.4, 0.5) is 0 Å². The third kappa shape index (κ3) is 8.65. The number of nitrogens with two attached hydrogens (primary N) is 1. The van der Waals surface area contributed by atoms with E-state index in [1.807, 2.05) is 0 Å². The second-order valence-corrected chi connectivity index (χ2v) is 5.36. The summed E-state index contributed by atoms with van der Waals surface area (Å²) in [5, 5.41) is 3.10. The summed E-state index contributed by atoms with van der Waals surface area (Å²) in [5.74, 6) is 1.15. The first-order valence-corrected chi connectivity index (χ1v) is 7.06. The van der Waals surface area contributed by atoms with E-state index in [4.69, 9.17) is 5.73 Å². The molecular formula is C13H30IN5. The Labute approximate surface area is 135 Å². The second kappa shape index (κ2) is 10.7. The van der Waals surface area contributed by atoms with Crippen molar-refractivity contribution in [2.24, 2.45) is 16.6 Å². The van der Waals surface area contributed by atoms with E-state index in [0.29, 0.717) is 11.9 Å². The number of piperazine rings is 1. The van der Waals surface area contributed by atoms with Gasteiger partial charge in [-0.05, 0) is 19.4 Å². The summed E-state index contributed by atoms with van der Waals surface area (Å²) in [7, 11) is 2.19. The minimum absolute atomic E-state index is 0. The topological polar surface area (TPSA) is 56.9 Å². The highest BCUT2D eigenvalue weighted by molar-refractivity contribution is 14.0. The second-order valence-electron chi connectivity index (χ2n) is 5.36. The van der Waals surface area contributed by atoms with E-state index >= 15 is 0 Å². The zero-order chi connectivity index (χ0) is 13.4. The smallest absolute Gasteiger partial charge is 0.188 e. The Morgan fingerprint density at radius 1 is 1.32 bits per heavy atom. The fraction of sp³-hybridized carbons (Fsp3) is 0.923. The average molecular weight is 383 g/mol. The van der Waals surface area contributed by atoms with Crippen molar-refractivity contribution >= 4 is 29.9 Å². The molecule has 0 aliphatic carbocycles. The molecule has 0 aromatic rings. The van der Waals surface area contributed by atoms with Gasteiger partial charge in [0.05, 0.1) is 0 Å². The lowest BCUT2D eigenvalue weighted by Crippen LogP contribution is -2.46. The van der Waals surface area contributed by atoms with Gasteiger partial charge in [0.25, 0.3) is 0 Å². The van der Waals surface area contributed by atoms with Gasteiger partial charge in [-0.1, -0.05) is 13.8 Å². The van der Waals surface area contributed by atoms with Crippen LogP contribution in [0.3, 0.4) is 0 Å². The molecule has 0 saturated carbocycles. The van der Waals surface area contributed by atoms with Crippen LogP contribution < -0.4 is 11.1 Å². The van der Waals surface area contributed by atoms with Gasteiger partial charge in [-0.25, -0.2) is 0 Å². The van der Waals surface area contributed by atoms with E-state index in [-0.39, 0.29) is 24.0 Å². The van der Waals surface area contributed by atoms with Crippen molar-refractivity contribution < 1.29 is 0 Å². The highest BCUT2D eigenvalue weighted by Crippen LogP contribution is 2.04. The van der Waals surface area contributed by atoms with Gasteiger partial charge in [0.1, 0.15) is 0 Å². The van der Waals surface area contributed by atoms with Gasteiger partial charge < -0.3 is 20.9 Å². The lowest BCUT2D eigenvalue weighted by Gasteiger charge is -2.33. The van der Waals surface area contributed by atoms with Gasteiger partial charge in [-0.15, -0.1) is 24.0 Å². The van der Waals surface area contributed by atoms with Gasteiger partial charge in [0, 0.05) is 45.8 Å². The number of nitrogens with zero attached hydrogens (tertiary/aromatic N) is 3. The van der Waals surface area contributed by atoms with E-state index in [0.717, 1.165) is 26.1 Å². The summed E-state index contributed by atoms with van der Waals surface area (Å²) in [4.78, 5) is 9.29. The van der Waals surface area contributed by atoms with E-state index in [1.54, 1.807) is 0 Å². The summed E-state index contributed by atoms with van der Waals surface area (Å²) in [6.07, 6.45) is 1.08. The Hall–Kier alpha value is -0.0800.